The Morgan fingerprint density at radius 1 is 1.29 bits per heavy atom. The van der Waals surface area contributed by atoms with Crippen molar-refractivity contribution in [1.82, 2.24) is 5.32 Å². The number of thioether (sulfide) groups is 1. The maximum atomic E-state index is 14.7. The van der Waals surface area contributed by atoms with Gasteiger partial charge in [-0.1, -0.05) is 18.5 Å². The second-order valence-corrected chi connectivity index (χ2v) is 9.58. The summed E-state index contributed by atoms with van der Waals surface area (Å²) in [5.74, 6) is 0.0994. The van der Waals surface area contributed by atoms with E-state index in [1.165, 1.54) is 28.8 Å². The van der Waals surface area contributed by atoms with Gasteiger partial charge >= 0.3 is 0 Å². The molecule has 1 aliphatic rings. The summed E-state index contributed by atoms with van der Waals surface area (Å²) in [6.45, 7) is 4.42. The van der Waals surface area contributed by atoms with Crippen molar-refractivity contribution in [1.29, 1.82) is 0 Å². The summed E-state index contributed by atoms with van der Waals surface area (Å²) in [4.78, 5) is 27.9. The Bertz CT molecular complexity index is 1200. The predicted molar refractivity (Wildman–Crippen MR) is 130 cm³/mol. The Morgan fingerprint density at radius 2 is 2.12 bits per heavy atom. The summed E-state index contributed by atoms with van der Waals surface area (Å²) >= 11 is 7.82. The fourth-order valence-electron chi connectivity index (χ4n) is 3.60. The highest BCUT2D eigenvalue weighted by Crippen LogP contribution is 2.41. The summed E-state index contributed by atoms with van der Waals surface area (Å²) in [5.41, 5.74) is 1.25. The highest BCUT2D eigenvalue weighted by atomic mass is 35.5. The highest BCUT2D eigenvalue weighted by Gasteiger charge is 2.32. The zero-order valence-corrected chi connectivity index (χ0v) is 20.3. The monoisotopic (exact) mass is 502 g/mol. The van der Waals surface area contributed by atoms with Gasteiger partial charge in [-0.2, -0.15) is 0 Å². The van der Waals surface area contributed by atoms with Gasteiger partial charge < -0.3 is 19.4 Å². The van der Waals surface area contributed by atoms with Crippen LogP contribution >= 0.6 is 23.4 Å². The van der Waals surface area contributed by atoms with Crippen LogP contribution in [0.2, 0.25) is 5.02 Å². The van der Waals surface area contributed by atoms with E-state index < -0.39 is 11.1 Å². The Labute approximate surface area is 206 Å². The standard InChI is InChI=1S/C25H24ClFN2O4S/c1-3-10-33-21-9-7-19(27)18(23(21)26)14-29-20-8-6-16(12-22(20)34-15(2)25(29)31)24(30)28-13-17-5-4-11-32-17/h4-9,11-12,15H,3,10,13-14H2,1-2H3,(H,28,30). The van der Waals surface area contributed by atoms with E-state index >= 15 is 0 Å². The molecule has 2 amide bonds. The Balaban J connectivity index is 1.60. The number of ether oxygens (including phenoxy) is 1. The van der Waals surface area contributed by atoms with Crippen LogP contribution in [0.25, 0.3) is 0 Å². The number of nitrogens with one attached hydrogen (secondary N) is 1. The molecule has 1 aliphatic heterocycles. The van der Waals surface area contributed by atoms with Crippen LogP contribution in [-0.4, -0.2) is 23.7 Å². The van der Waals surface area contributed by atoms with Crippen LogP contribution in [0.15, 0.2) is 58.0 Å². The molecule has 9 heteroatoms. The summed E-state index contributed by atoms with van der Waals surface area (Å²) in [7, 11) is 0. The van der Waals surface area contributed by atoms with Crippen LogP contribution in [0.5, 0.6) is 5.75 Å². The van der Waals surface area contributed by atoms with Gasteiger partial charge in [-0.25, -0.2) is 4.39 Å². The van der Waals surface area contributed by atoms with E-state index in [9.17, 15) is 14.0 Å². The number of amides is 2. The Hall–Kier alpha value is -2.97. The fourth-order valence-corrected chi connectivity index (χ4v) is 4.97. The molecule has 6 nitrogen and oxygen atoms in total. The number of benzene rings is 2. The van der Waals surface area contributed by atoms with E-state index in [4.69, 9.17) is 20.8 Å². The number of anilines is 1. The summed E-state index contributed by atoms with van der Waals surface area (Å²) in [6.07, 6.45) is 2.33. The third-order valence-electron chi connectivity index (χ3n) is 5.36. The molecule has 0 radical (unpaired) electrons. The second-order valence-electron chi connectivity index (χ2n) is 7.82. The van der Waals surface area contributed by atoms with Gasteiger partial charge in [0.1, 0.15) is 17.3 Å². The summed E-state index contributed by atoms with van der Waals surface area (Å²) in [5, 5.41) is 2.56. The molecular formula is C25H24ClFN2O4S. The molecule has 1 N–H and O–H groups in total. The van der Waals surface area contributed by atoms with Crippen LogP contribution in [-0.2, 0) is 17.9 Å². The van der Waals surface area contributed by atoms with E-state index in [1.54, 1.807) is 43.5 Å². The zero-order valence-electron chi connectivity index (χ0n) is 18.8. The molecule has 34 heavy (non-hydrogen) atoms. The van der Waals surface area contributed by atoms with E-state index in [0.29, 0.717) is 29.4 Å². The van der Waals surface area contributed by atoms with E-state index in [-0.39, 0.29) is 35.5 Å². The molecule has 0 bridgehead atoms. The molecule has 1 unspecified atom stereocenters. The van der Waals surface area contributed by atoms with Crippen molar-refractivity contribution in [3.05, 3.63) is 76.5 Å². The number of hydrogen-bond donors (Lipinski definition) is 1. The molecule has 0 spiro atoms. The van der Waals surface area contributed by atoms with Crippen molar-refractivity contribution in [2.75, 3.05) is 11.5 Å². The van der Waals surface area contributed by atoms with E-state index in [1.807, 2.05) is 6.92 Å². The first-order valence-electron chi connectivity index (χ1n) is 10.9. The molecule has 1 aromatic heterocycles. The number of carbonyl (C=O) groups excluding carboxylic acids is 2. The molecule has 178 valence electrons. The third-order valence-corrected chi connectivity index (χ3v) is 6.91. The molecule has 2 heterocycles. The lowest BCUT2D eigenvalue weighted by atomic mass is 10.1. The summed E-state index contributed by atoms with van der Waals surface area (Å²) in [6, 6.07) is 11.4. The first-order chi connectivity index (χ1) is 16.4. The number of halogens is 2. The van der Waals surface area contributed by atoms with Gasteiger partial charge in [0.15, 0.2) is 0 Å². The minimum atomic E-state index is -0.511. The number of fused-ring (bicyclic) bond motifs is 1. The smallest absolute Gasteiger partial charge is 0.251 e. The predicted octanol–water partition coefficient (Wildman–Crippen LogP) is 5.82. The maximum absolute atomic E-state index is 14.7. The van der Waals surface area contributed by atoms with Crippen LogP contribution in [0.4, 0.5) is 10.1 Å². The average molecular weight is 503 g/mol. The zero-order chi connectivity index (χ0) is 24.2. The molecule has 0 fully saturated rings. The van der Waals surface area contributed by atoms with Gasteiger partial charge in [-0.05, 0) is 55.8 Å². The molecule has 0 aliphatic carbocycles. The SMILES string of the molecule is CCCOc1ccc(F)c(CN2C(=O)C(C)Sc3cc(C(=O)NCc4ccco4)ccc32)c1Cl. The molecule has 0 saturated heterocycles. The van der Waals surface area contributed by atoms with Gasteiger partial charge in [0.2, 0.25) is 5.91 Å². The molecule has 2 aromatic carbocycles. The first-order valence-corrected chi connectivity index (χ1v) is 12.2. The quantitative estimate of drug-likeness (QED) is 0.420. The fraction of sp³-hybridized carbons (Fsp3) is 0.280. The van der Waals surface area contributed by atoms with Gasteiger partial charge in [-0.15, -0.1) is 11.8 Å². The molecule has 1 atom stereocenters. The average Bonchev–Trinajstić information content (AvgIpc) is 3.35. The van der Waals surface area contributed by atoms with Crippen LogP contribution in [0.3, 0.4) is 0 Å². The van der Waals surface area contributed by atoms with Crippen LogP contribution < -0.4 is 15.0 Å². The Morgan fingerprint density at radius 3 is 2.85 bits per heavy atom. The lowest BCUT2D eigenvalue weighted by Gasteiger charge is -2.33. The van der Waals surface area contributed by atoms with Gasteiger partial charge in [0, 0.05) is 16.0 Å². The van der Waals surface area contributed by atoms with E-state index in [2.05, 4.69) is 5.32 Å². The number of rotatable bonds is 8. The van der Waals surface area contributed by atoms with Crippen LogP contribution in [0, 0.1) is 5.82 Å². The lowest BCUT2D eigenvalue weighted by molar-refractivity contribution is -0.118. The molecule has 0 saturated carbocycles. The number of carbonyl (C=O) groups is 2. The highest BCUT2D eigenvalue weighted by molar-refractivity contribution is 8.01. The van der Waals surface area contributed by atoms with Crippen molar-refractivity contribution in [2.24, 2.45) is 0 Å². The lowest BCUT2D eigenvalue weighted by Crippen LogP contribution is -2.39. The third kappa shape index (κ3) is 5.08. The number of hydrogen-bond acceptors (Lipinski definition) is 5. The molecular weight excluding hydrogens is 479 g/mol. The maximum Gasteiger partial charge on any atom is 0.251 e. The minimum Gasteiger partial charge on any atom is -0.492 e. The normalized spacial score (nSPS) is 15.2. The topological polar surface area (TPSA) is 71.8 Å². The number of nitrogens with zero attached hydrogens (tertiary/aromatic N) is 1. The first kappa shape index (κ1) is 24.2. The van der Waals surface area contributed by atoms with Crippen molar-refractivity contribution >= 4 is 40.9 Å². The summed E-state index contributed by atoms with van der Waals surface area (Å²) < 4.78 is 25.6. The van der Waals surface area contributed by atoms with Gasteiger partial charge in [-0.3, -0.25) is 9.59 Å². The van der Waals surface area contributed by atoms with Gasteiger partial charge in [0.25, 0.3) is 5.91 Å². The van der Waals surface area contributed by atoms with Crippen molar-refractivity contribution in [3.63, 3.8) is 0 Å². The molecule has 3 aromatic rings. The van der Waals surface area contributed by atoms with Crippen molar-refractivity contribution in [3.8, 4) is 5.75 Å². The van der Waals surface area contributed by atoms with Crippen molar-refractivity contribution < 1.29 is 23.1 Å². The largest absolute Gasteiger partial charge is 0.492 e. The Kier molecular flexibility index (Phi) is 7.48. The second kappa shape index (κ2) is 10.5. The molecule has 4 rings (SSSR count). The minimum absolute atomic E-state index is 0.0469. The number of furan rings is 1. The van der Waals surface area contributed by atoms with E-state index in [0.717, 1.165) is 11.3 Å². The van der Waals surface area contributed by atoms with Crippen LogP contribution in [0.1, 0.15) is 41.9 Å². The van der Waals surface area contributed by atoms with Gasteiger partial charge in [0.05, 0.1) is 41.9 Å². The van der Waals surface area contributed by atoms with Crippen molar-refractivity contribution in [2.45, 2.75) is 43.5 Å².